The van der Waals surface area contributed by atoms with Gasteiger partial charge in [0.15, 0.2) is 0 Å². The molecule has 146 valence electrons. The Bertz CT molecular complexity index is 870. The van der Waals surface area contributed by atoms with Crippen LogP contribution < -0.4 is 9.62 Å². The normalized spacial score (nSPS) is 11.2. The van der Waals surface area contributed by atoms with E-state index >= 15 is 0 Å². The van der Waals surface area contributed by atoms with E-state index in [1.165, 1.54) is 18.2 Å². The quantitative estimate of drug-likeness (QED) is 0.663. The van der Waals surface area contributed by atoms with Gasteiger partial charge in [-0.3, -0.25) is 9.10 Å². The minimum absolute atomic E-state index is 0.0139. The van der Waals surface area contributed by atoms with Gasteiger partial charge in [-0.1, -0.05) is 24.3 Å². The lowest BCUT2D eigenvalue weighted by atomic mass is 10.1. The molecule has 0 heterocycles. The third-order valence-electron chi connectivity index (χ3n) is 3.87. The Hall–Kier alpha value is -2.45. The molecule has 27 heavy (non-hydrogen) atoms. The van der Waals surface area contributed by atoms with Crippen LogP contribution in [-0.2, 0) is 21.3 Å². The molecule has 0 aliphatic rings. The molecule has 0 aliphatic carbocycles. The van der Waals surface area contributed by atoms with E-state index in [-0.39, 0.29) is 18.1 Å². The zero-order valence-corrected chi connectivity index (χ0v) is 16.1. The van der Waals surface area contributed by atoms with Crippen molar-refractivity contribution in [1.29, 1.82) is 0 Å². The largest absolute Gasteiger partial charge is 0.385 e. The van der Waals surface area contributed by atoms with E-state index in [9.17, 15) is 17.6 Å². The zero-order chi connectivity index (χ0) is 19.9. The number of hydrogen-bond acceptors (Lipinski definition) is 4. The van der Waals surface area contributed by atoms with Crippen molar-refractivity contribution in [3.63, 3.8) is 0 Å². The van der Waals surface area contributed by atoms with Crippen molar-refractivity contribution in [2.24, 2.45) is 0 Å². The third-order valence-corrected chi connectivity index (χ3v) is 5.00. The van der Waals surface area contributed by atoms with E-state index in [4.69, 9.17) is 4.74 Å². The number of ether oxygens (including phenoxy) is 1. The summed E-state index contributed by atoms with van der Waals surface area (Å²) in [5, 5.41) is 2.78. The van der Waals surface area contributed by atoms with E-state index in [2.05, 4.69) is 5.32 Å². The zero-order valence-electron chi connectivity index (χ0n) is 15.3. The molecule has 0 unspecified atom stereocenters. The van der Waals surface area contributed by atoms with Crippen molar-refractivity contribution in [2.45, 2.75) is 13.0 Å². The molecule has 2 aromatic carbocycles. The number of carbonyl (C=O) groups excluding carboxylic acids is 1. The summed E-state index contributed by atoms with van der Waals surface area (Å²) in [7, 11) is -2.08. The molecule has 2 rings (SSSR count). The molecule has 0 fully saturated rings. The van der Waals surface area contributed by atoms with E-state index in [1.54, 1.807) is 37.4 Å². The molecule has 0 radical (unpaired) electrons. The summed E-state index contributed by atoms with van der Waals surface area (Å²) in [5.74, 6) is -0.832. The van der Waals surface area contributed by atoms with Crippen molar-refractivity contribution < 1.29 is 22.3 Å². The highest BCUT2D eigenvalue weighted by Crippen LogP contribution is 2.23. The maximum Gasteiger partial charge on any atom is 0.251 e. The molecule has 0 aromatic heterocycles. The lowest BCUT2D eigenvalue weighted by molar-refractivity contribution is 0.0948. The molecule has 0 saturated carbocycles. The van der Waals surface area contributed by atoms with Gasteiger partial charge in [0.1, 0.15) is 5.82 Å². The van der Waals surface area contributed by atoms with Gasteiger partial charge >= 0.3 is 0 Å². The van der Waals surface area contributed by atoms with E-state index in [0.29, 0.717) is 30.7 Å². The van der Waals surface area contributed by atoms with Crippen LogP contribution in [-0.4, -0.2) is 40.8 Å². The first kappa shape index (κ1) is 20.9. The highest BCUT2D eigenvalue weighted by Gasteiger charge is 2.21. The predicted molar refractivity (Wildman–Crippen MR) is 103 cm³/mol. The maximum absolute atomic E-state index is 14.0. The fourth-order valence-electron chi connectivity index (χ4n) is 2.48. The highest BCUT2D eigenvalue weighted by atomic mass is 32.2. The van der Waals surface area contributed by atoms with Crippen LogP contribution in [0.2, 0.25) is 0 Å². The van der Waals surface area contributed by atoms with Crippen LogP contribution in [0.15, 0.2) is 48.5 Å². The maximum atomic E-state index is 14.0. The Morgan fingerprint density at radius 2 is 1.81 bits per heavy atom. The number of anilines is 1. The van der Waals surface area contributed by atoms with E-state index in [1.807, 2.05) is 0 Å². The van der Waals surface area contributed by atoms with E-state index in [0.717, 1.165) is 10.6 Å². The summed E-state index contributed by atoms with van der Waals surface area (Å²) < 4.78 is 44.2. The Morgan fingerprint density at radius 1 is 1.15 bits per heavy atom. The van der Waals surface area contributed by atoms with Gasteiger partial charge < -0.3 is 10.1 Å². The number of sulfonamides is 1. The van der Waals surface area contributed by atoms with Crippen LogP contribution in [0.1, 0.15) is 22.3 Å². The molecule has 1 N–H and O–H groups in total. The summed E-state index contributed by atoms with van der Waals surface area (Å²) in [6.07, 6.45) is 1.74. The van der Waals surface area contributed by atoms with Crippen LogP contribution in [0.25, 0.3) is 0 Å². The second-order valence-electron chi connectivity index (χ2n) is 6.02. The van der Waals surface area contributed by atoms with Crippen LogP contribution >= 0.6 is 0 Å². The van der Waals surface area contributed by atoms with Crippen molar-refractivity contribution in [2.75, 3.05) is 30.8 Å². The summed E-state index contributed by atoms with van der Waals surface area (Å²) >= 11 is 0. The van der Waals surface area contributed by atoms with E-state index < -0.39 is 15.8 Å². The fraction of sp³-hybridized carbons (Fsp3) is 0.316. The van der Waals surface area contributed by atoms with Gasteiger partial charge in [0, 0.05) is 25.8 Å². The molecule has 0 bridgehead atoms. The number of hydrogen-bond donors (Lipinski definition) is 1. The first-order valence-corrected chi connectivity index (χ1v) is 10.3. The topological polar surface area (TPSA) is 75.7 Å². The summed E-state index contributed by atoms with van der Waals surface area (Å²) in [6.45, 7) is 1.04. The van der Waals surface area contributed by atoms with Gasteiger partial charge in [-0.25, -0.2) is 12.8 Å². The monoisotopic (exact) mass is 394 g/mol. The predicted octanol–water partition coefficient (Wildman–Crippen LogP) is 2.56. The average Bonchev–Trinajstić information content (AvgIpc) is 2.63. The lowest BCUT2D eigenvalue weighted by Crippen LogP contribution is -2.30. The Morgan fingerprint density at radius 3 is 2.41 bits per heavy atom. The molecular weight excluding hydrogens is 371 g/mol. The number of carbonyl (C=O) groups is 1. The van der Waals surface area contributed by atoms with Crippen molar-refractivity contribution in [3.8, 4) is 0 Å². The van der Waals surface area contributed by atoms with Gasteiger partial charge in [0.05, 0.1) is 18.5 Å². The molecule has 6 nitrogen and oxygen atoms in total. The number of nitrogens with zero attached hydrogens (tertiary/aromatic N) is 1. The minimum Gasteiger partial charge on any atom is -0.385 e. The number of rotatable bonds is 9. The number of halogens is 1. The van der Waals surface area contributed by atoms with Gasteiger partial charge in [-0.15, -0.1) is 0 Å². The molecule has 1 amide bonds. The van der Waals surface area contributed by atoms with Crippen LogP contribution in [0.4, 0.5) is 10.1 Å². The SMILES string of the molecule is COCCCNC(=O)c1ccc(CN(c2ccccc2F)S(C)(=O)=O)cc1. The van der Waals surface area contributed by atoms with Gasteiger partial charge in [-0.05, 0) is 36.2 Å². The van der Waals surface area contributed by atoms with Crippen molar-refractivity contribution >= 4 is 21.6 Å². The molecule has 0 aliphatic heterocycles. The van der Waals surface area contributed by atoms with Crippen LogP contribution in [0, 0.1) is 5.82 Å². The van der Waals surface area contributed by atoms with Gasteiger partial charge in [0.25, 0.3) is 5.91 Å². The second kappa shape index (κ2) is 9.48. The van der Waals surface area contributed by atoms with Crippen LogP contribution in [0.3, 0.4) is 0 Å². The average molecular weight is 394 g/mol. The smallest absolute Gasteiger partial charge is 0.251 e. The first-order valence-electron chi connectivity index (χ1n) is 8.41. The fourth-order valence-corrected chi connectivity index (χ4v) is 3.37. The molecule has 8 heteroatoms. The number of nitrogens with one attached hydrogen (secondary N) is 1. The molecule has 0 spiro atoms. The summed E-state index contributed by atoms with van der Waals surface area (Å²) in [6, 6.07) is 12.2. The third kappa shape index (κ3) is 6.04. The Balaban J connectivity index is 2.11. The van der Waals surface area contributed by atoms with Gasteiger partial charge in [0.2, 0.25) is 10.0 Å². The number of methoxy groups -OCH3 is 1. The Kier molecular flexibility index (Phi) is 7.32. The lowest BCUT2D eigenvalue weighted by Gasteiger charge is -2.23. The Labute approximate surface area is 159 Å². The standard InChI is InChI=1S/C19H23FN2O4S/c1-26-13-5-12-21-19(23)16-10-8-15(9-11-16)14-22(27(2,24)25)18-7-4-3-6-17(18)20/h3-4,6-11H,5,12-14H2,1-2H3,(H,21,23). The van der Waals surface area contributed by atoms with Gasteiger partial charge in [-0.2, -0.15) is 0 Å². The van der Waals surface area contributed by atoms with Crippen molar-refractivity contribution in [1.82, 2.24) is 5.32 Å². The van der Waals surface area contributed by atoms with Crippen molar-refractivity contribution in [3.05, 3.63) is 65.5 Å². The highest BCUT2D eigenvalue weighted by molar-refractivity contribution is 7.92. The summed E-state index contributed by atoms with van der Waals surface area (Å²) in [4.78, 5) is 12.1. The minimum atomic E-state index is -3.68. The second-order valence-corrected chi connectivity index (χ2v) is 7.93. The summed E-state index contributed by atoms with van der Waals surface area (Å²) in [5.41, 5.74) is 1.09. The first-order chi connectivity index (χ1) is 12.8. The number of benzene rings is 2. The molecular formula is C19H23FN2O4S. The molecule has 2 aromatic rings. The number of para-hydroxylation sites is 1. The van der Waals surface area contributed by atoms with Crippen LogP contribution in [0.5, 0.6) is 0 Å². The number of amides is 1. The molecule has 0 atom stereocenters. The molecule has 0 saturated heterocycles.